The summed E-state index contributed by atoms with van der Waals surface area (Å²) < 4.78 is 1.51. The van der Waals surface area contributed by atoms with Crippen LogP contribution in [0.25, 0.3) is 0 Å². The lowest BCUT2D eigenvalue weighted by molar-refractivity contribution is 0.683. The van der Waals surface area contributed by atoms with Gasteiger partial charge in [-0.1, -0.05) is 41.0 Å². The maximum Gasteiger partial charge on any atom is 0.277 e. The first-order chi connectivity index (χ1) is 16.3. The van der Waals surface area contributed by atoms with Crippen LogP contribution in [0.1, 0.15) is 96.3 Å². The highest BCUT2D eigenvalue weighted by Gasteiger charge is 2.31. The van der Waals surface area contributed by atoms with Gasteiger partial charge < -0.3 is 4.90 Å². The zero-order valence-electron chi connectivity index (χ0n) is 22.3. The second-order valence-electron chi connectivity index (χ2n) is 9.57. The second kappa shape index (κ2) is 11.1. The highest BCUT2D eigenvalue weighted by Crippen LogP contribution is 2.28. The molecule has 3 rings (SSSR count). The molecular weight excluding hydrogens is 422 g/mol. The largest absolute Gasteiger partial charge is 0.372 e. The molecule has 1 aromatic carbocycles. The molecule has 0 fully saturated rings. The van der Waals surface area contributed by atoms with Crippen molar-refractivity contribution in [2.75, 3.05) is 18.0 Å². The molecule has 1 unspecified atom stereocenters. The molecule has 1 aliphatic heterocycles. The van der Waals surface area contributed by atoms with Crippen LogP contribution in [0, 0.1) is 12.8 Å². The number of rotatable bonds is 10. The van der Waals surface area contributed by atoms with Gasteiger partial charge in [0.2, 0.25) is 0 Å². The van der Waals surface area contributed by atoms with Gasteiger partial charge in [-0.3, -0.25) is 4.79 Å². The fourth-order valence-electron chi connectivity index (χ4n) is 4.45. The Morgan fingerprint density at radius 1 is 1.09 bits per heavy atom. The van der Waals surface area contributed by atoms with Crippen LogP contribution in [0.2, 0.25) is 0 Å². The van der Waals surface area contributed by atoms with Gasteiger partial charge in [-0.15, -0.1) is 0 Å². The molecule has 0 spiro atoms. The molecule has 2 heterocycles. The molecule has 1 aliphatic rings. The minimum atomic E-state index is -0.0400. The van der Waals surface area contributed by atoms with Gasteiger partial charge in [0, 0.05) is 30.3 Å². The van der Waals surface area contributed by atoms with E-state index in [-0.39, 0.29) is 17.4 Å². The Labute approximate surface area is 204 Å². The second-order valence-corrected chi connectivity index (χ2v) is 9.57. The number of anilines is 1. The van der Waals surface area contributed by atoms with Crippen LogP contribution in [0.5, 0.6) is 0 Å². The SMILES string of the molecule is CCCCc1c(C(C)C)nc2n(c1=O)N=C(C(C)CC)C2=Nc1ccc(N(CC)CC)cc1C. The predicted octanol–water partition coefficient (Wildman–Crippen LogP) is 6.25. The number of hydrogen-bond donors (Lipinski definition) is 0. The minimum Gasteiger partial charge on any atom is -0.372 e. The summed E-state index contributed by atoms with van der Waals surface area (Å²) in [5, 5.41) is 4.79. The van der Waals surface area contributed by atoms with Crippen LogP contribution in [-0.4, -0.2) is 34.2 Å². The van der Waals surface area contributed by atoms with Gasteiger partial charge in [-0.2, -0.15) is 9.78 Å². The quantitative estimate of drug-likeness (QED) is 0.418. The molecule has 0 N–H and O–H groups in total. The summed E-state index contributed by atoms with van der Waals surface area (Å²) in [4.78, 5) is 26.0. The minimum absolute atomic E-state index is 0.0400. The third kappa shape index (κ3) is 5.01. The van der Waals surface area contributed by atoms with Gasteiger partial charge in [-0.05, 0) is 69.7 Å². The third-order valence-electron chi connectivity index (χ3n) is 6.80. The number of benzene rings is 1. The van der Waals surface area contributed by atoms with E-state index in [1.54, 1.807) is 0 Å². The fourth-order valence-corrected chi connectivity index (χ4v) is 4.45. The van der Waals surface area contributed by atoms with Gasteiger partial charge in [0.1, 0.15) is 5.71 Å². The zero-order valence-corrected chi connectivity index (χ0v) is 22.3. The van der Waals surface area contributed by atoms with Crippen LogP contribution >= 0.6 is 0 Å². The van der Waals surface area contributed by atoms with E-state index >= 15 is 0 Å². The molecule has 6 heteroatoms. The van der Waals surface area contributed by atoms with Crippen molar-refractivity contribution in [2.24, 2.45) is 16.0 Å². The molecule has 0 aliphatic carbocycles. The van der Waals surface area contributed by atoms with Crippen molar-refractivity contribution < 1.29 is 0 Å². The van der Waals surface area contributed by atoms with Gasteiger partial charge in [0.15, 0.2) is 5.82 Å². The molecule has 6 nitrogen and oxygen atoms in total. The van der Waals surface area contributed by atoms with E-state index in [2.05, 4.69) is 78.5 Å². The lowest BCUT2D eigenvalue weighted by Crippen LogP contribution is -2.28. The number of aromatic nitrogens is 2. The molecule has 0 bridgehead atoms. The number of hydrogen-bond acceptors (Lipinski definition) is 5. The summed E-state index contributed by atoms with van der Waals surface area (Å²) in [6.45, 7) is 19.0. The predicted molar refractivity (Wildman–Crippen MR) is 144 cm³/mol. The highest BCUT2D eigenvalue weighted by molar-refractivity contribution is 6.49. The summed E-state index contributed by atoms with van der Waals surface area (Å²) in [7, 11) is 0. The van der Waals surface area contributed by atoms with Crippen molar-refractivity contribution in [1.29, 1.82) is 0 Å². The van der Waals surface area contributed by atoms with Gasteiger partial charge in [0.25, 0.3) is 5.56 Å². The first kappa shape index (κ1) is 25.9. The van der Waals surface area contributed by atoms with Crippen LogP contribution in [0.3, 0.4) is 0 Å². The van der Waals surface area contributed by atoms with Crippen molar-refractivity contribution in [3.63, 3.8) is 0 Å². The van der Waals surface area contributed by atoms with Gasteiger partial charge >= 0.3 is 0 Å². The van der Waals surface area contributed by atoms with Crippen LogP contribution in [0.15, 0.2) is 33.1 Å². The Hall–Kier alpha value is -2.76. The number of aryl methyl sites for hydroxylation is 1. The van der Waals surface area contributed by atoms with Crippen molar-refractivity contribution in [3.8, 4) is 0 Å². The van der Waals surface area contributed by atoms with Crippen LogP contribution in [-0.2, 0) is 6.42 Å². The van der Waals surface area contributed by atoms with Crippen molar-refractivity contribution in [2.45, 2.75) is 87.0 Å². The molecule has 2 aromatic rings. The van der Waals surface area contributed by atoms with E-state index in [0.717, 1.165) is 72.7 Å². The van der Waals surface area contributed by atoms with E-state index in [4.69, 9.17) is 15.1 Å². The number of aliphatic imine (C=N–C) groups is 1. The van der Waals surface area contributed by atoms with Crippen molar-refractivity contribution in [3.05, 3.63) is 51.2 Å². The maximum absolute atomic E-state index is 13.6. The van der Waals surface area contributed by atoms with Crippen molar-refractivity contribution in [1.82, 2.24) is 9.66 Å². The molecule has 184 valence electrons. The molecule has 34 heavy (non-hydrogen) atoms. The monoisotopic (exact) mass is 463 g/mol. The molecule has 0 amide bonds. The first-order valence-electron chi connectivity index (χ1n) is 13.0. The van der Waals surface area contributed by atoms with E-state index in [0.29, 0.717) is 5.82 Å². The molecule has 1 aromatic heterocycles. The first-order valence-corrected chi connectivity index (χ1v) is 13.0. The molecule has 0 radical (unpaired) electrons. The van der Waals surface area contributed by atoms with Crippen molar-refractivity contribution >= 4 is 22.8 Å². The standard InChI is InChI=1S/C28H41N5O/c1-9-13-14-22-24(18(5)6)30-27-26(25(19(7)10-2)31-33(27)28(22)34)29-23-16-15-21(17-20(23)8)32(11-3)12-4/h15-19H,9-14H2,1-8H3. The van der Waals surface area contributed by atoms with Gasteiger partial charge in [0.05, 0.1) is 17.1 Å². The molecule has 1 atom stereocenters. The Morgan fingerprint density at radius 3 is 2.35 bits per heavy atom. The van der Waals surface area contributed by atoms with E-state index < -0.39 is 0 Å². The van der Waals surface area contributed by atoms with Gasteiger partial charge in [-0.25, -0.2) is 9.98 Å². The number of unbranched alkanes of at least 4 members (excludes halogenated alkanes) is 1. The topological polar surface area (TPSA) is 62.9 Å². The highest BCUT2D eigenvalue weighted by atomic mass is 16.1. The third-order valence-corrected chi connectivity index (χ3v) is 6.80. The fraction of sp³-hybridized carbons (Fsp3) is 0.571. The smallest absolute Gasteiger partial charge is 0.277 e. The average molecular weight is 464 g/mol. The lowest BCUT2D eigenvalue weighted by Gasteiger charge is -2.21. The summed E-state index contributed by atoms with van der Waals surface area (Å²) in [6.07, 6.45) is 3.66. The van der Waals surface area contributed by atoms with E-state index in [1.807, 2.05) is 0 Å². The van der Waals surface area contributed by atoms with Crippen LogP contribution < -0.4 is 10.5 Å². The normalized spacial score (nSPS) is 15.1. The Bertz CT molecular complexity index is 1140. The number of nitrogens with zero attached hydrogens (tertiary/aromatic N) is 5. The summed E-state index contributed by atoms with van der Waals surface area (Å²) >= 11 is 0. The average Bonchev–Trinajstić information content (AvgIpc) is 3.18. The Morgan fingerprint density at radius 2 is 1.79 bits per heavy atom. The summed E-state index contributed by atoms with van der Waals surface area (Å²) in [5.74, 6) is 0.919. The summed E-state index contributed by atoms with van der Waals surface area (Å²) in [6, 6.07) is 6.39. The van der Waals surface area contributed by atoms with E-state index in [9.17, 15) is 4.79 Å². The zero-order chi connectivity index (χ0) is 25.0. The Kier molecular flexibility index (Phi) is 8.45. The number of fused-ring (bicyclic) bond motifs is 1. The maximum atomic E-state index is 13.6. The summed E-state index contributed by atoms with van der Waals surface area (Å²) in [5.41, 5.74) is 6.42. The van der Waals surface area contributed by atoms with E-state index in [1.165, 1.54) is 10.4 Å². The molecular formula is C28H41N5O. The van der Waals surface area contributed by atoms with Crippen LogP contribution in [0.4, 0.5) is 11.4 Å². The Balaban J connectivity index is 2.19. The molecule has 0 saturated heterocycles. The lowest BCUT2D eigenvalue weighted by atomic mass is 9.97. The molecule has 0 saturated carbocycles.